The van der Waals surface area contributed by atoms with E-state index < -0.39 is 0 Å². The molecule has 0 unspecified atom stereocenters. The van der Waals surface area contributed by atoms with Crippen LogP contribution in [-0.2, 0) is 11.2 Å². The van der Waals surface area contributed by atoms with Crippen molar-refractivity contribution >= 4 is 5.91 Å². The SMILES string of the molecule is O=C(NCCCc1nnc(C2CCCC2)[nH]c1=O)C12CC3CC(CC(C3)C1)C2. The second-order valence-corrected chi connectivity index (χ2v) is 10.0. The van der Waals surface area contributed by atoms with Crippen LogP contribution in [0.5, 0.6) is 0 Å². The molecule has 4 bridgehead atoms. The van der Waals surface area contributed by atoms with E-state index in [1.54, 1.807) is 0 Å². The number of carbonyl (C=O) groups is 1. The Hall–Kier alpha value is -1.72. The molecule has 5 fully saturated rings. The van der Waals surface area contributed by atoms with Crippen LogP contribution in [-0.4, -0.2) is 27.6 Å². The van der Waals surface area contributed by atoms with E-state index in [9.17, 15) is 9.59 Å². The number of aromatic amines is 1. The molecular formula is C22H32N4O2. The highest BCUT2D eigenvalue weighted by atomic mass is 16.2. The van der Waals surface area contributed by atoms with Crippen molar-refractivity contribution in [3.63, 3.8) is 0 Å². The van der Waals surface area contributed by atoms with Gasteiger partial charge in [-0.05, 0) is 82.0 Å². The van der Waals surface area contributed by atoms with Crippen molar-refractivity contribution in [3.8, 4) is 0 Å². The quantitative estimate of drug-likeness (QED) is 0.738. The fourth-order valence-electron chi connectivity index (χ4n) is 6.95. The van der Waals surface area contributed by atoms with Crippen LogP contribution in [0.4, 0.5) is 0 Å². The van der Waals surface area contributed by atoms with E-state index in [0.29, 0.717) is 24.6 Å². The maximum Gasteiger partial charge on any atom is 0.272 e. The molecule has 5 saturated carbocycles. The summed E-state index contributed by atoms with van der Waals surface area (Å²) < 4.78 is 0. The van der Waals surface area contributed by atoms with Crippen LogP contribution < -0.4 is 10.9 Å². The van der Waals surface area contributed by atoms with Crippen LogP contribution in [0.2, 0.25) is 0 Å². The summed E-state index contributed by atoms with van der Waals surface area (Å²) in [4.78, 5) is 28.2. The van der Waals surface area contributed by atoms with Crippen molar-refractivity contribution < 1.29 is 4.79 Å². The average molecular weight is 385 g/mol. The third kappa shape index (κ3) is 3.39. The van der Waals surface area contributed by atoms with Gasteiger partial charge in [-0.2, -0.15) is 0 Å². The fraction of sp³-hybridized carbons (Fsp3) is 0.818. The molecule has 28 heavy (non-hydrogen) atoms. The van der Waals surface area contributed by atoms with Crippen molar-refractivity contribution in [2.24, 2.45) is 23.2 Å². The maximum atomic E-state index is 13.0. The molecule has 1 aromatic heterocycles. The highest BCUT2D eigenvalue weighted by Crippen LogP contribution is 2.60. The number of hydrogen-bond acceptors (Lipinski definition) is 4. The highest BCUT2D eigenvalue weighted by molar-refractivity contribution is 5.83. The molecular weight excluding hydrogens is 352 g/mol. The molecule has 0 saturated heterocycles. The predicted octanol–water partition coefficient (Wildman–Crippen LogP) is 3.09. The van der Waals surface area contributed by atoms with E-state index in [0.717, 1.165) is 62.1 Å². The molecule has 1 aromatic rings. The molecule has 0 aromatic carbocycles. The normalized spacial score (nSPS) is 34.1. The minimum absolute atomic E-state index is 0.0883. The summed E-state index contributed by atoms with van der Waals surface area (Å²) in [7, 11) is 0. The molecule has 5 aliphatic rings. The minimum Gasteiger partial charge on any atom is -0.356 e. The average Bonchev–Trinajstić information content (AvgIpc) is 3.19. The van der Waals surface area contributed by atoms with E-state index >= 15 is 0 Å². The van der Waals surface area contributed by atoms with Gasteiger partial charge >= 0.3 is 0 Å². The number of rotatable bonds is 6. The number of hydrogen-bond donors (Lipinski definition) is 2. The lowest BCUT2D eigenvalue weighted by Gasteiger charge is -2.55. The van der Waals surface area contributed by atoms with E-state index in [1.165, 1.54) is 32.1 Å². The second-order valence-electron chi connectivity index (χ2n) is 10.0. The molecule has 0 spiro atoms. The molecule has 6 rings (SSSR count). The fourth-order valence-corrected chi connectivity index (χ4v) is 6.95. The largest absolute Gasteiger partial charge is 0.356 e. The lowest BCUT2D eigenvalue weighted by molar-refractivity contribution is -0.146. The van der Waals surface area contributed by atoms with Gasteiger partial charge in [0, 0.05) is 17.9 Å². The summed E-state index contributed by atoms with van der Waals surface area (Å²) in [6.07, 6.45) is 13.3. The summed E-state index contributed by atoms with van der Waals surface area (Å²) in [6.45, 7) is 0.617. The number of nitrogens with zero attached hydrogens (tertiary/aromatic N) is 2. The van der Waals surface area contributed by atoms with Crippen LogP contribution in [0.1, 0.15) is 88.1 Å². The van der Waals surface area contributed by atoms with E-state index in [2.05, 4.69) is 20.5 Å². The van der Waals surface area contributed by atoms with Crippen LogP contribution in [0, 0.1) is 23.2 Å². The predicted molar refractivity (Wildman–Crippen MR) is 106 cm³/mol. The Labute approximate surface area is 166 Å². The Balaban J connectivity index is 1.13. The summed E-state index contributed by atoms with van der Waals surface area (Å²) >= 11 is 0. The first-order valence-corrected chi connectivity index (χ1v) is 11.4. The topological polar surface area (TPSA) is 87.7 Å². The maximum absolute atomic E-state index is 13.0. The van der Waals surface area contributed by atoms with Gasteiger partial charge < -0.3 is 10.3 Å². The molecule has 0 radical (unpaired) electrons. The van der Waals surface area contributed by atoms with Crippen molar-refractivity contribution in [1.82, 2.24) is 20.5 Å². The molecule has 0 aliphatic heterocycles. The van der Waals surface area contributed by atoms with Gasteiger partial charge in [-0.1, -0.05) is 12.8 Å². The lowest BCUT2D eigenvalue weighted by Crippen LogP contribution is -2.53. The zero-order valence-electron chi connectivity index (χ0n) is 16.7. The van der Waals surface area contributed by atoms with Crippen LogP contribution >= 0.6 is 0 Å². The third-order valence-corrected chi connectivity index (χ3v) is 7.92. The van der Waals surface area contributed by atoms with E-state index in [4.69, 9.17) is 0 Å². The number of aryl methyl sites for hydroxylation is 1. The second kappa shape index (κ2) is 7.27. The molecule has 6 heteroatoms. The van der Waals surface area contributed by atoms with Gasteiger partial charge in [-0.3, -0.25) is 9.59 Å². The van der Waals surface area contributed by atoms with Crippen molar-refractivity contribution in [2.45, 2.75) is 83.0 Å². The van der Waals surface area contributed by atoms with Gasteiger partial charge in [0.15, 0.2) is 0 Å². The van der Waals surface area contributed by atoms with Crippen LogP contribution in [0.15, 0.2) is 4.79 Å². The first kappa shape index (κ1) is 18.3. The molecule has 0 atom stereocenters. The summed E-state index contributed by atoms with van der Waals surface area (Å²) in [5.74, 6) is 3.73. The van der Waals surface area contributed by atoms with E-state index in [1.807, 2.05) is 0 Å². The number of aromatic nitrogens is 3. The molecule has 5 aliphatic carbocycles. The van der Waals surface area contributed by atoms with Gasteiger partial charge in [0.2, 0.25) is 5.91 Å². The number of nitrogens with one attached hydrogen (secondary N) is 2. The Morgan fingerprint density at radius 3 is 2.29 bits per heavy atom. The zero-order valence-corrected chi connectivity index (χ0v) is 16.7. The smallest absolute Gasteiger partial charge is 0.272 e. The Morgan fingerprint density at radius 1 is 1.04 bits per heavy atom. The standard InChI is InChI=1S/C22H32N4O2/c27-20-18(25-26-19(24-20)17-4-1-2-5-17)6-3-7-23-21(28)22-11-14-8-15(12-22)10-16(9-14)13-22/h14-17H,1-13H2,(H,23,28)(H,24,26,27). The highest BCUT2D eigenvalue weighted by Gasteiger charge is 2.54. The number of carbonyl (C=O) groups excluding carboxylic acids is 1. The first-order chi connectivity index (χ1) is 13.6. The summed E-state index contributed by atoms with van der Waals surface area (Å²) in [5, 5.41) is 11.6. The molecule has 2 N–H and O–H groups in total. The van der Waals surface area contributed by atoms with Gasteiger partial charge in [0.25, 0.3) is 5.56 Å². The Morgan fingerprint density at radius 2 is 1.68 bits per heavy atom. The molecule has 6 nitrogen and oxygen atoms in total. The van der Waals surface area contributed by atoms with Crippen molar-refractivity contribution in [2.75, 3.05) is 6.54 Å². The number of amides is 1. The Bertz CT molecular complexity index is 761. The van der Waals surface area contributed by atoms with E-state index in [-0.39, 0.29) is 16.9 Å². The van der Waals surface area contributed by atoms with Gasteiger partial charge in [-0.25, -0.2) is 0 Å². The van der Waals surface area contributed by atoms with Gasteiger partial charge in [0.1, 0.15) is 11.5 Å². The third-order valence-electron chi connectivity index (χ3n) is 7.92. The monoisotopic (exact) mass is 384 g/mol. The molecule has 1 heterocycles. The lowest BCUT2D eigenvalue weighted by atomic mass is 9.49. The minimum atomic E-state index is -0.107. The summed E-state index contributed by atoms with van der Waals surface area (Å²) in [5.41, 5.74) is 0.296. The van der Waals surface area contributed by atoms with Crippen molar-refractivity contribution in [1.29, 1.82) is 0 Å². The zero-order chi connectivity index (χ0) is 19.1. The van der Waals surface area contributed by atoms with Crippen molar-refractivity contribution in [3.05, 3.63) is 21.9 Å². The Kier molecular flexibility index (Phi) is 4.76. The van der Waals surface area contributed by atoms with Crippen LogP contribution in [0.25, 0.3) is 0 Å². The number of H-pyrrole nitrogens is 1. The molecule has 152 valence electrons. The van der Waals surface area contributed by atoms with Crippen LogP contribution in [0.3, 0.4) is 0 Å². The molecule has 1 amide bonds. The summed E-state index contributed by atoms with van der Waals surface area (Å²) in [6, 6.07) is 0. The van der Waals surface area contributed by atoms with Gasteiger partial charge in [-0.15, -0.1) is 10.2 Å². The first-order valence-electron chi connectivity index (χ1n) is 11.4. The van der Waals surface area contributed by atoms with Gasteiger partial charge in [0.05, 0.1) is 0 Å².